The van der Waals surface area contributed by atoms with E-state index in [4.69, 9.17) is 5.73 Å². The lowest BCUT2D eigenvalue weighted by atomic mass is 10.3. The third kappa shape index (κ3) is 3.65. The molecule has 48 valence electrons. The van der Waals surface area contributed by atoms with Crippen LogP contribution in [0.2, 0.25) is 0 Å². The molecule has 2 N–H and O–H groups in total. The van der Waals surface area contributed by atoms with Crippen molar-refractivity contribution in [2.24, 2.45) is 10.7 Å². The number of hydrogen-bond acceptors (Lipinski definition) is 1. The average molecular weight is 114 g/mol. The van der Waals surface area contributed by atoms with Gasteiger partial charge in [-0.1, -0.05) is 6.92 Å². The Hall–Kier alpha value is -0.530. The minimum atomic E-state index is 0.787. The molecule has 0 rings (SSSR count). The summed E-state index contributed by atoms with van der Waals surface area (Å²) in [6.07, 6.45) is 2.03. The molecule has 0 aliphatic heterocycles. The lowest BCUT2D eigenvalue weighted by Crippen LogP contribution is -2.10. The van der Waals surface area contributed by atoms with Crippen LogP contribution in [0.3, 0.4) is 0 Å². The molecule has 0 saturated heterocycles. The van der Waals surface area contributed by atoms with Crippen molar-refractivity contribution in [3.63, 3.8) is 0 Å². The zero-order valence-corrected chi connectivity index (χ0v) is 5.65. The lowest BCUT2D eigenvalue weighted by Gasteiger charge is -1.92. The molecule has 8 heavy (non-hydrogen) atoms. The number of hydrogen-bond donors (Lipinski definition) is 1. The predicted octanol–water partition coefficient (Wildman–Crippen LogP) is 1.16. The van der Waals surface area contributed by atoms with E-state index in [-0.39, 0.29) is 0 Å². The van der Waals surface area contributed by atoms with Crippen LogP contribution in [0.5, 0.6) is 0 Å². The third-order valence-corrected chi connectivity index (χ3v) is 0.867. The molecule has 0 aliphatic rings. The Balaban J connectivity index is 3.29. The maximum Gasteiger partial charge on any atom is 0.0936 e. The summed E-state index contributed by atoms with van der Waals surface area (Å²) >= 11 is 0. The summed E-state index contributed by atoms with van der Waals surface area (Å²) in [5.41, 5.74) is 5.44. The molecule has 0 saturated carbocycles. The van der Waals surface area contributed by atoms with E-state index in [2.05, 4.69) is 11.9 Å². The molecule has 0 radical (unpaired) electrons. The number of nitrogens with two attached hydrogens (primary N) is 1. The Morgan fingerprint density at radius 1 is 1.50 bits per heavy atom. The molecule has 2 heteroatoms. The molecule has 0 heterocycles. The molecule has 2 nitrogen and oxygen atoms in total. The summed E-state index contributed by atoms with van der Waals surface area (Å²) in [5.74, 6) is 0.787. The van der Waals surface area contributed by atoms with Crippen molar-refractivity contribution >= 4 is 5.84 Å². The minimum Gasteiger partial charge on any atom is -0.387 e. The second kappa shape index (κ2) is 4.62. The van der Waals surface area contributed by atoms with Gasteiger partial charge in [-0.2, -0.15) is 0 Å². The second-order valence-corrected chi connectivity index (χ2v) is 1.72. The summed E-state index contributed by atoms with van der Waals surface area (Å²) in [4.78, 5) is 4.01. The molecule has 0 atom stereocenters. The monoisotopic (exact) mass is 114 g/mol. The summed E-state index contributed by atoms with van der Waals surface area (Å²) < 4.78 is 0. The first-order valence-corrected chi connectivity index (χ1v) is 3.10. The van der Waals surface area contributed by atoms with Gasteiger partial charge in [0.1, 0.15) is 0 Å². The normalized spacial score (nSPS) is 12.0. The van der Waals surface area contributed by atoms with Crippen LogP contribution in [-0.4, -0.2) is 12.4 Å². The lowest BCUT2D eigenvalue weighted by molar-refractivity contribution is 0.965. The largest absolute Gasteiger partial charge is 0.387 e. The number of rotatable bonds is 3. The standard InChI is InChI=1S/C6H14N2/c1-3-5-6(7)8-4-2/h3-5H2,1-2H3,(H2,7,8). The van der Waals surface area contributed by atoms with E-state index < -0.39 is 0 Å². The van der Waals surface area contributed by atoms with E-state index in [0.29, 0.717) is 0 Å². The first-order chi connectivity index (χ1) is 3.81. The summed E-state index contributed by atoms with van der Waals surface area (Å²) in [6, 6.07) is 0. The summed E-state index contributed by atoms with van der Waals surface area (Å²) in [6.45, 7) is 4.90. The van der Waals surface area contributed by atoms with E-state index in [1.807, 2.05) is 6.92 Å². The molecule has 0 aromatic carbocycles. The fraction of sp³-hybridized carbons (Fsp3) is 0.833. The van der Waals surface area contributed by atoms with Crippen LogP contribution in [0.1, 0.15) is 26.7 Å². The van der Waals surface area contributed by atoms with Crippen LogP contribution in [-0.2, 0) is 0 Å². The van der Waals surface area contributed by atoms with Crippen molar-refractivity contribution in [2.45, 2.75) is 26.7 Å². The van der Waals surface area contributed by atoms with Gasteiger partial charge in [0.15, 0.2) is 0 Å². The van der Waals surface area contributed by atoms with Gasteiger partial charge in [0.2, 0.25) is 0 Å². The Kier molecular flexibility index (Phi) is 4.32. The van der Waals surface area contributed by atoms with Crippen LogP contribution in [0.25, 0.3) is 0 Å². The Morgan fingerprint density at radius 3 is 2.50 bits per heavy atom. The van der Waals surface area contributed by atoms with Gasteiger partial charge in [-0.15, -0.1) is 0 Å². The van der Waals surface area contributed by atoms with Crippen molar-refractivity contribution < 1.29 is 0 Å². The number of nitrogens with zero attached hydrogens (tertiary/aromatic N) is 1. The molecule has 0 aliphatic carbocycles. The van der Waals surface area contributed by atoms with Crippen molar-refractivity contribution in [3.8, 4) is 0 Å². The van der Waals surface area contributed by atoms with Gasteiger partial charge in [0.25, 0.3) is 0 Å². The van der Waals surface area contributed by atoms with E-state index >= 15 is 0 Å². The fourth-order valence-electron chi connectivity index (χ4n) is 0.538. The highest BCUT2D eigenvalue weighted by atomic mass is 14.8. The predicted molar refractivity (Wildman–Crippen MR) is 37.1 cm³/mol. The van der Waals surface area contributed by atoms with Crippen molar-refractivity contribution in [3.05, 3.63) is 0 Å². The topological polar surface area (TPSA) is 38.4 Å². The zero-order chi connectivity index (χ0) is 6.41. The van der Waals surface area contributed by atoms with Crippen molar-refractivity contribution in [1.82, 2.24) is 0 Å². The van der Waals surface area contributed by atoms with E-state index in [9.17, 15) is 0 Å². The van der Waals surface area contributed by atoms with Gasteiger partial charge in [0, 0.05) is 13.0 Å². The Morgan fingerprint density at radius 2 is 2.12 bits per heavy atom. The molecule has 0 aromatic heterocycles. The summed E-state index contributed by atoms with van der Waals surface area (Å²) in [5, 5.41) is 0. The first-order valence-electron chi connectivity index (χ1n) is 3.10. The van der Waals surface area contributed by atoms with E-state index in [0.717, 1.165) is 25.2 Å². The number of amidine groups is 1. The molecule has 0 unspecified atom stereocenters. The smallest absolute Gasteiger partial charge is 0.0936 e. The quantitative estimate of drug-likeness (QED) is 0.434. The highest BCUT2D eigenvalue weighted by molar-refractivity contribution is 5.80. The molecular weight excluding hydrogens is 100 g/mol. The molecule has 0 fully saturated rings. The van der Waals surface area contributed by atoms with Crippen LogP contribution in [0, 0.1) is 0 Å². The van der Waals surface area contributed by atoms with Gasteiger partial charge >= 0.3 is 0 Å². The molecule has 0 bridgehead atoms. The third-order valence-electron chi connectivity index (χ3n) is 0.867. The Labute approximate surface area is 50.8 Å². The maximum atomic E-state index is 5.44. The van der Waals surface area contributed by atoms with Gasteiger partial charge < -0.3 is 5.73 Å². The second-order valence-electron chi connectivity index (χ2n) is 1.72. The van der Waals surface area contributed by atoms with Gasteiger partial charge in [-0.05, 0) is 13.3 Å². The molecule has 0 amide bonds. The molecule has 0 spiro atoms. The van der Waals surface area contributed by atoms with Crippen LogP contribution < -0.4 is 5.73 Å². The average Bonchev–Trinajstić information content (AvgIpc) is 1.68. The van der Waals surface area contributed by atoms with Crippen LogP contribution in [0.4, 0.5) is 0 Å². The molecule has 0 aromatic rings. The van der Waals surface area contributed by atoms with Gasteiger partial charge in [0.05, 0.1) is 5.84 Å². The van der Waals surface area contributed by atoms with Gasteiger partial charge in [-0.25, -0.2) is 0 Å². The molecular formula is C6H14N2. The highest BCUT2D eigenvalue weighted by Gasteiger charge is 1.84. The zero-order valence-electron chi connectivity index (χ0n) is 5.65. The van der Waals surface area contributed by atoms with Crippen LogP contribution in [0.15, 0.2) is 4.99 Å². The van der Waals surface area contributed by atoms with Crippen LogP contribution >= 0.6 is 0 Å². The summed E-state index contributed by atoms with van der Waals surface area (Å²) in [7, 11) is 0. The number of aliphatic imine (C=N–C) groups is 1. The minimum absolute atomic E-state index is 0.787. The Bertz CT molecular complexity index is 76.6. The highest BCUT2D eigenvalue weighted by Crippen LogP contribution is 1.85. The SMILES string of the molecule is CCC/C(N)=N\CC. The van der Waals surface area contributed by atoms with E-state index in [1.54, 1.807) is 0 Å². The fourth-order valence-corrected chi connectivity index (χ4v) is 0.538. The van der Waals surface area contributed by atoms with Crippen molar-refractivity contribution in [1.29, 1.82) is 0 Å². The maximum absolute atomic E-state index is 5.44. The first kappa shape index (κ1) is 7.47. The van der Waals surface area contributed by atoms with E-state index in [1.165, 1.54) is 0 Å². The van der Waals surface area contributed by atoms with Gasteiger partial charge in [-0.3, -0.25) is 4.99 Å². The van der Waals surface area contributed by atoms with Crippen molar-refractivity contribution in [2.75, 3.05) is 6.54 Å².